The smallest absolute Gasteiger partial charge is 0.343 e. The van der Waals surface area contributed by atoms with Gasteiger partial charge in [-0.3, -0.25) is 0 Å². The molecule has 0 spiro atoms. The van der Waals surface area contributed by atoms with Crippen LogP contribution in [0, 0.1) is 0 Å². The molecular weight excluding hydrogens is 402 g/mol. The molecule has 0 fully saturated rings. The lowest BCUT2D eigenvalue weighted by molar-refractivity contribution is -0.139. The van der Waals surface area contributed by atoms with E-state index in [9.17, 15) is 26.3 Å². The summed E-state index contributed by atoms with van der Waals surface area (Å²) in [6, 6.07) is -5.31. The van der Waals surface area contributed by atoms with Crippen LogP contribution in [0.3, 0.4) is 0 Å². The second kappa shape index (κ2) is 7.71. The maximum absolute atomic E-state index is 13.5. The van der Waals surface area contributed by atoms with Crippen LogP contribution in [0.4, 0.5) is 38.2 Å². The molecule has 0 saturated carbocycles. The van der Waals surface area contributed by atoms with Gasteiger partial charge in [-0.25, -0.2) is 4.98 Å². The Morgan fingerprint density at radius 2 is 1.44 bits per heavy atom. The van der Waals surface area contributed by atoms with Gasteiger partial charge in [-0.1, -0.05) is 17.7 Å². The fraction of sp³-hybridized carbons (Fsp3) is 0.429. The number of pyridine rings is 1. The first kappa shape index (κ1) is 12.2. The third kappa shape index (κ3) is 5.81. The summed E-state index contributed by atoms with van der Waals surface area (Å²) in [5.74, 6) is -3.58. The number of hydrogen-bond acceptors (Lipinski definition) is 6. The molecule has 2 atom stereocenters. The first-order chi connectivity index (χ1) is 15.5. The second-order valence-electron chi connectivity index (χ2n) is 4.65. The molecule has 0 aliphatic carbocycles. The number of hydrogen-bond donors (Lipinski definition) is 2. The molecule has 6 nitrogen and oxygen atoms in total. The predicted octanol–water partition coefficient (Wildman–Crippen LogP) is 4.31. The summed E-state index contributed by atoms with van der Waals surface area (Å²) in [6.07, 6.45) is -11.6. The average Bonchev–Trinajstić information content (AvgIpc) is 2.64. The minimum atomic E-state index is -5.78. The second-order valence-corrected chi connectivity index (χ2v) is 5.03. The third-order valence-corrected chi connectivity index (χ3v) is 2.83. The van der Waals surface area contributed by atoms with E-state index in [4.69, 9.17) is 22.6 Å². The van der Waals surface area contributed by atoms with E-state index in [0.717, 1.165) is 6.07 Å². The van der Waals surface area contributed by atoms with Crippen LogP contribution < -0.4 is 10.6 Å². The van der Waals surface area contributed by atoms with E-state index >= 15 is 0 Å². The molecule has 2 heterocycles. The van der Waals surface area contributed by atoms with E-state index in [1.807, 2.05) is 0 Å². The van der Waals surface area contributed by atoms with Crippen molar-refractivity contribution < 1.29 is 37.3 Å². The molecule has 0 amide bonds. The quantitative estimate of drug-likeness (QED) is 0.552. The van der Waals surface area contributed by atoms with E-state index in [1.54, 1.807) is 0 Å². The molecule has 0 unspecified atom stereocenters. The van der Waals surface area contributed by atoms with Gasteiger partial charge in [-0.15, -0.1) is 0 Å². The Kier molecular flexibility index (Phi) is 3.47. The molecule has 0 radical (unpaired) electrons. The molecule has 13 heteroatoms. The normalized spacial score (nSPS) is 22.2. The van der Waals surface area contributed by atoms with Crippen molar-refractivity contribution in [3.8, 4) is 11.5 Å². The molecule has 2 rings (SSSR count). The van der Waals surface area contributed by atoms with Gasteiger partial charge in [-0.05, 0) is 25.8 Å². The summed E-state index contributed by atoms with van der Waals surface area (Å²) in [4.78, 5) is 13.8. The molecule has 148 valence electrons. The zero-order valence-corrected chi connectivity index (χ0v) is 13.4. The van der Waals surface area contributed by atoms with Crippen LogP contribution in [-0.2, 0) is 0 Å². The first-order valence-corrected chi connectivity index (χ1v) is 6.98. The highest BCUT2D eigenvalue weighted by atomic mass is 35.5. The maximum atomic E-state index is 13.5. The maximum Gasteiger partial charge on any atom is 0.408 e. The lowest BCUT2D eigenvalue weighted by atomic mass is 10.3. The van der Waals surface area contributed by atoms with Gasteiger partial charge in [-0.2, -0.15) is 41.3 Å². The number of nitrogens with one attached hydrogen (secondary N) is 2. The largest absolute Gasteiger partial charge is 0.408 e. The van der Waals surface area contributed by atoms with Crippen molar-refractivity contribution in [3.63, 3.8) is 0 Å². The lowest BCUT2D eigenvalue weighted by Gasteiger charge is -2.20. The van der Waals surface area contributed by atoms with Crippen LogP contribution in [0.5, 0.6) is 0 Å². The molecule has 0 aliphatic rings. The lowest BCUT2D eigenvalue weighted by Crippen LogP contribution is -2.35. The van der Waals surface area contributed by atoms with Crippen LogP contribution in [0.25, 0.3) is 11.5 Å². The van der Waals surface area contributed by atoms with E-state index in [2.05, 4.69) is 19.9 Å². The van der Waals surface area contributed by atoms with Crippen LogP contribution in [0.15, 0.2) is 18.2 Å². The van der Waals surface area contributed by atoms with E-state index in [1.165, 1.54) is 22.8 Å². The Bertz CT molecular complexity index is 991. The summed E-state index contributed by atoms with van der Waals surface area (Å²) in [7, 11) is 0. The number of halogens is 7. The molecular formula is C14H13ClF6N6. The van der Waals surface area contributed by atoms with Crippen molar-refractivity contribution in [1.29, 1.82) is 0 Å². The predicted molar refractivity (Wildman–Crippen MR) is 86.3 cm³/mol. The van der Waals surface area contributed by atoms with E-state index < -0.39 is 55.8 Å². The minimum absolute atomic E-state index is 0.216. The van der Waals surface area contributed by atoms with Gasteiger partial charge in [0.05, 0.1) is 2.74 Å². The Hall–Kier alpha value is -2.37. The number of alkyl halides is 6. The summed E-state index contributed by atoms with van der Waals surface area (Å²) >= 11 is 5.71. The third-order valence-electron chi connectivity index (χ3n) is 2.62. The van der Waals surface area contributed by atoms with Crippen LogP contribution in [0.1, 0.15) is 24.7 Å². The summed E-state index contributed by atoms with van der Waals surface area (Å²) < 4.78 is 138. The minimum Gasteiger partial charge on any atom is -0.343 e. The van der Waals surface area contributed by atoms with Crippen molar-refractivity contribution in [2.75, 3.05) is 10.6 Å². The van der Waals surface area contributed by atoms with Gasteiger partial charge in [0.1, 0.15) is 22.9 Å². The zero-order valence-electron chi connectivity index (χ0n) is 20.7. The summed E-state index contributed by atoms with van der Waals surface area (Å²) in [6.45, 7) is -8.19. The fourth-order valence-electron chi connectivity index (χ4n) is 1.50. The van der Waals surface area contributed by atoms with Crippen molar-refractivity contribution in [3.05, 3.63) is 23.4 Å². The van der Waals surface area contributed by atoms with E-state index in [0.29, 0.717) is 0 Å². The summed E-state index contributed by atoms with van der Waals surface area (Å²) in [5, 5.41) is 2.18. The van der Waals surface area contributed by atoms with E-state index in [-0.39, 0.29) is 10.8 Å². The van der Waals surface area contributed by atoms with Gasteiger partial charge in [0.2, 0.25) is 11.9 Å². The molecule has 0 aromatic carbocycles. The number of aromatic nitrogens is 4. The van der Waals surface area contributed by atoms with Crippen molar-refractivity contribution in [2.24, 2.45) is 0 Å². The van der Waals surface area contributed by atoms with Gasteiger partial charge < -0.3 is 10.6 Å². The highest BCUT2D eigenvalue weighted by Crippen LogP contribution is 2.26. The van der Waals surface area contributed by atoms with Gasteiger partial charge in [0.25, 0.3) is 0 Å². The van der Waals surface area contributed by atoms with Gasteiger partial charge >= 0.3 is 12.4 Å². The highest BCUT2D eigenvalue weighted by Gasteiger charge is 2.38. The summed E-state index contributed by atoms with van der Waals surface area (Å²) in [5.41, 5.74) is -0.362. The van der Waals surface area contributed by atoms with Crippen molar-refractivity contribution in [2.45, 2.75) is 38.1 Å². The monoisotopic (exact) mass is 422 g/mol. The molecule has 2 aromatic rings. The van der Waals surface area contributed by atoms with Gasteiger partial charge in [0, 0.05) is 8.22 Å². The molecule has 27 heavy (non-hydrogen) atoms. The SMILES string of the molecule is [2H]C([2H])([2H])[C@@]([2H])(Nc1nc(N[C@]([2H])(C([2H])([2H])[2H])C(F)(F)F)nc(-c2cccc(Cl)n2)n1)C(F)(F)F. The van der Waals surface area contributed by atoms with Gasteiger partial charge in [0.15, 0.2) is 5.82 Å². The number of anilines is 2. The Morgan fingerprint density at radius 3 is 1.85 bits per heavy atom. The molecule has 2 aromatic heterocycles. The Balaban J connectivity index is 2.75. The fourth-order valence-corrected chi connectivity index (χ4v) is 1.66. The zero-order chi connectivity index (χ0) is 27.3. The highest BCUT2D eigenvalue weighted by molar-refractivity contribution is 6.29. The Morgan fingerprint density at radius 1 is 0.926 bits per heavy atom. The van der Waals surface area contributed by atoms with Crippen molar-refractivity contribution >= 4 is 23.5 Å². The topological polar surface area (TPSA) is 75.6 Å². The Labute approximate surface area is 165 Å². The van der Waals surface area contributed by atoms with Crippen LogP contribution >= 0.6 is 11.6 Å². The van der Waals surface area contributed by atoms with Crippen LogP contribution in [-0.4, -0.2) is 44.3 Å². The van der Waals surface area contributed by atoms with Crippen molar-refractivity contribution in [1.82, 2.24) is 19.9 Å². The molecule has 0 saturated heterocycles. The number of rotatable bonds is 5. The molecule has 0 aliphatic heterocycles. The standard InChI is InChI=1S/C14H13ClF6N6/c1-6(13(16,17)18)22-11-25-10(8-4-3-5-9(15)24-8)26-12(27-11)23-7(2)14(19,20)21/h3-7H,1-2H3,(H2,22,23,25,26,27)/t6-,7-/m1/s1/i1D3,2D3,6D,7D. The van der Waals surface area contributed by atoms with Crippen LogP contribution in [0.2, 0.25) is 5.15 Å². The average molecular weight is 423 g/mol. The molecule has 2 N–H and O–H groups in total. The first-order valence-electron chi connectivity index (χ1n) is 10.6. The molecule has 0 bridgehead atoms. The number of nitrogens with zero attached hydrogens (tertiary/aromatic N) is 4.